The SMILES string of the molecule is CC(C)(C)N1CC(=CC#N)C1. The molecule has 1 heterocycles. The van der Waals surface area contributed by atoms with Gasteiger partial charge < -0.3 is 0 Å². The third-order valence-electron chi connectivity index (χ3n) is 2.01. The fourth-order valence-corrected chi connectivity index (χ4v) is 1.10. The average molecular weight is 150 g/mol. The van der Waals surface area contributed by atoms with Crippen molar-refractivity contribution in [3.8, 4) is 6.07 Å². The highest BCUT2D eigenvalue weighted by atomic mass is 15.2. The maximum atomic E-state index is 8.35. The van der Waals surface area contributed by atoms with Crippen LogP contribution in [0.4, 0.5) is 0 Å². The van der Waals surface area contributed by atoms with Crippen molar-refractivity contribution in [1.82, 2.24) is 4.90 Å². The normalized spacial score (nSPS) is 18.9. The van der Waals surface area contributed by atoms with Crippen molar-refractivity contribution in [3.63, 3.8) is 0 Å². The fraction of sp³-hybridized carbons (Fsp3) is 0.667. The van der Waals surface area contributed by atoms with Crippen LogP contribution >= 0.6 is 0 Å². The number of nitrogens with zero attached hydrogens (tertiary/aromatic N) is 2. The van der Waals surface area contributed by atoms with Crippen molar-refractivity contribution in [1.29, 1.82) is 5.26 Å². The van der Waals surface area contributed by atoms with E-state index in [9.17, 15) is 0 Å². The Hall–Kier alpha value is -0.810. The predicted octanol–water partition coefficient (Wildman–Crippen LogP) is 1.55. The monoisotopic (exact) mass is 150 g/mol. The lowest BCUT2D eigenvalue weighted by Crippen LogP contribution is -2.51. The van der Waals surface area contributed by atoms with Gasteiger partial charge in [0.05, 0.1) is 6.07 Å². The smallest absolute Gasteiger partial charge is 0.0912 e. The Morgan fingerprint density at radius 2 is 2.00 bits per heavy atom. The number of allylic oxidation sites excluding steroid dienone is 1. The molecule has 0 aliphatic carbocycles. The lowest BCUT2D eigenvalue weighted by atomic mass is 9.97. The first-order valence-corrected chi connectivity index (χ1v) is 3.86. The highest BCUT2D eigenvalue weighted by molar-refractivity contribution is 5.23. The molecular weight excluding hydrogens is 136 g/mol. The molecule has 0 radical (unpaired) electrons. The first-order valence-electron chi connectivity index (χ1n) is 3.86. The molecule has 11 heavy (non-hydrogen) atoms. The van der Waals surface area contributed by atoms with Crippen LogP contribution in [0.2, 0.25) is 0 Å². The summed E-state index contributed by atoms with van der Waals surface area (Å²) in [7, 11) is 0. The van der Waals surface area contributed by atoms with Crippen LogP contribution in [0, 0.1) is 11.3 Å². The molecule has 2 nitrogen and oxygen atoms in total. The van der Waals surface area contributed by atoms with E-state index < -0.39 is 0 Å². The van der Waals surface area contributed by atoms with E-state index in [2.05, 4.69) is 31.7 Å². The summed E-state index contributed by atoms with van der Waals surface area (Å²) in [6.07, 6.45) is 1.66. The molecule has 1 aliphatic rings. The summed E-state index contributed by atoms with van der Waals surface area (Å²) < 4.78 is 0. The summed E-state index contributed by atoms with van der Waals surface area (Å²) in [4.78, 5) is 2.34. The van der Waals surface area contributed by atoms with Gasteiger partial charge in [0.1, 0.15) is 0 Å². The summed E-state index contributed by atoms with van der Waals surface area (Å²) >= 11 is 0. The molecule has 1 saturated heterocycles. The van der Waals surface area contributed by atoms with E-state index in [0.29, 0.717) is 0 Å². The van der Waals surface area contributed by atoms with Gasteiger partial charge in [0.25, 0.3) is 0 Å². The zero-order valence-corrected chi connectivity index (χ0v) is 7.39. The number of hydrogen-bond acceptors (Lipinski definition) is 2. The van der Waals surface area contributed by atoms with Crippen LogP contribution in [0.25, 0.3) is 0 Å². The maximum absolute atomic E-state index is 8.35. The minimum absolute atomic E-state index is 0.257. The van der Waals surface area contributed by atoms with E-state index in [1.54, 1.807) is 6.08 Å². The molecule has 0 N–H and O–H groups in total. The molecule has 0 atom stereocenters. The quantitative estimate of drug-likeness (QED) is 0.490. The summed E-state index contributed by atoms with van der Waals surface area (Å²) in [6, 6.07) is 2.05. The molecule has 0 spiro atoms. The standard InChI is InChI=1S/C9H14N2/c1-9(2,3)11-6-8(7-11)4-5-10/h4H,6-7H2,1-3H3. The summed E-state index contributed by atoms with van der Waals surface area (Å²) in [5, 5.41) is 8.35. The molecule has 1 fully saturated rings. The lowest BCUT2D eigenvalue weighted by molar-refractivity contribution is 0.116. The van der Waals surface area contributed by atoms with Gasteiger partial charge in [-0.1, -0.05) is 0 Å². The van der Waals surface area contributed by atoms with Crippen LogP contribution in [0.1, 0.15) is 20.8 Å². The largest absolute Gasteiger partial charge is 0.290 e. The van der Waals surface area contributed by atoms with Crippen molar-refractivity contribution < 1.29 is 0 Å². The van der Waals surface area contributed by atoms with E-state index in [1.165, 1.54) is 5.57 Å². The zero-order valence-electron chi connectivity index (χ0n) is 7.39. The van der Waals surface area contributed by atoms with Crippen LogP contribution < -0.4 is 0 Å². The summed E-state index contributed by atoms with van der Waals surface area (Å²) in [5.41, 5.74) is 1.51. The van der Waals surface area contributed by atoms with Gasteiger partial charge in [-0.15, -0.1) is 0 Å². The molecule has 1 aliphatic heterocycles. The van der Waals surface area contributed by atoms with Crippen molar-refractivity contribution in [2.75, 3.05) is 13.1 Å². The van der Waals surface area contributed by atoms with Gasteiger partial charge in [-0.3, -0.25) is 4.90 Å². The lowest BCUT2D eigenvalue weighted by Gasteiger charge is -2.43. The third-order valence-corrected chi connectivity index (χ3v) is 2.01. The second-order valence-electron chi connectivity index (χ2n) is 3.96. The molecule has 0 bridgehead atoms. The Labute approximate surface area is 68.1 Å². The van der Waals surface area contributed by atoms with Crippen molar-refractivity contribution in [2.24, 2.45) is 0 Å². The molecule has 1 rings (SSSR count). The number of hydrogen-bond donors (Lipinski definition) is 0. The minimum atomic E-state index is 0.257. The molecule has 0 unspecified atom stereocenters. The van der Waals surface area contributed by atoms with Gasteiger partial charge in [0, 0.05) is 24.7 Å². The third kappa shape index (κ3) is 1.81. The van der Waals surface area contributed by atoms with E-state index in [-0.39, 0.29) is 5.54 Å². The predicted molar refractivity (Wildman–Crippen MR) is 45.0 cm³/mol. The molecule has 0 amide bonds. The van der Waals surface area contributed by atoms with Gasteiger partial charge >= 0.3 is 0 Å². The number of likely N-dealkylation sites (tertiary alicyclic amines) is 1. The van der Waals surface area contributed by atoms with Crippen molar-refractivity contribution in [2.45, 2.75) is 26.3 Å². The molecule has 0 aromatic heterocycles. The summed E-state index contributed by atoms with van der Waals surface area (Å²) in [6.45, 7) is 8.51. The fourth-order valence-electron chi connectivity index (χ4n) is 1.10. The molecule has 60 valence electrons. The zero-order chi connectivity index (χ0) is 8.48. The van der Waals surface area contributed by atoms with Gasteiger partial charge in [-0.05, 0) is 26.3 Å². The molecule has 0 saturated carbocycles. The minimum Gasteiger partial charge on any atom is -0.290 e. The number of nitriles is 1. The van der Waals surface area contributed by atoms with Crippen LogP contribution in [-0.2, 0) is 0 Å². The van der Waals surface area contributed by atoms with E-state index >= 15 is 0 Å². The Balaban J connectivity index is 2.43. The highest BCUT2D eigenvalue weighted by Gasteiger charge is 2.29. The van der Waals surface area contributed by atoms with Gasteiger partial charge in [0.15, 0.2) is 0 Å². The topological polar surface area (TPSA) is 27.0 Å². The summed E-state index contributed by atoms with van der Waals surface area (Å²) in [5.74, 6) is 0. The van der Waals surface area contributed by atoms with E-state index in [1.807, 2.05) is 0 Å². The number of rotatable bonds is 0. The van der Waals surface area contributed by atoms with Crippen LogP contribution in [0.3, 0.4) is 0 Å². The Bertz CT molecular complexity index is 207. The highest BCUT2D eigenvalue weighted by Crippen LogP contribution is 2.23. The van der Waals surface area contributed by atoms with Crippen LogP contribution in [0.15, 0.2) is 11.6 Å². The molecular formula is C9H14N2. The maximum Gasteiger partial charge on any atom is 0.0912 e. The van der Waals surface area contributed by atoms with Gasteiger partial charge in [0.2, 0.25) is 0 Å². The molecule has 2 heteroatoms. The second-order valence-corrected chi connectivity index (χ2v) is 3.96. The Kier molecular flexibility index (Phi) is 2.01. The van der Waals surface area contributed by atoms with E-state index in [4.69, 9.17) is 5.26 Å². The first kappa shape index (κ1) is 8.29. The Morgan fingerprint density at radius 1 is 1.45 bits per heavy atom. The molecule has 0 aromatic rings. The second kappa shape index (κ2) is 2.67. The van der Waals surface area contributed by atoms with Crippen molar-refractivity contribution >= 4 is 0 Å². The van der Waals surface area contributed by atoms with E-state index in [0.717, 1.165) is 13.1 Å². The van der Waals surface area contributed by atoms with Gasteiger partial charge in [-0.2, -0.15) is 5.26 Å². The first-order chi connectivity index (χ1) is 5.04. The average Bonchev–Trinajstić information content (AvgIpc) is 1.74. The van der Waals surface area contributed by atoms with Crippen LogP contribution in [0.5, 0.6) is 0 Å². The van der Waals surface area contributed by atoms with Crippen LogP contribution in [-0.4, -0.2) is 23.5 Å². The van der Waals surface area contributed by atoms with Gasteiger partial charge in [-0.25, -0.2) is 0 Å². The Morgan fingerprint density at radius 3 is 2.36 bits per heavy atom. The molecule has 0 aromatic carbocycles. The van der Waals surface area contributed by atoms with Crippen molar-refractivity contribution in [3.05, 3.63) is 11.6 Å².